The number of carboxylic acid groups (broad SMARTS) is 2. The molecule has 0 aliphatic carbocycles. The average molecular weight is 388 g/mol. The molecule has 0 saturated heterocycles. The van der Waals surface area contributed by atoms with Gasteiger partial charge in [0.15, 0.2) is 0 Å². The maximum absolute atomic E-state index is 11.0. The molecule has 3 aromatic rings. The lowest BCUT2D eigenvalue weighted by atomic mass is 9.97. The summed E-state index contributed by atoms with van der Waals surface area (Å²) in [5.74, 6) is -5.29. The second-order valence-corrected chi connectivity index (χ2v) is 5.81. The summed E-state index contributed by atoms with van der Waals surface area (Å²) in [5, 5.41) is 21.6. The Labute approximate surface area is 155 Å². The van der Waals surface area contributed by atoms with E-state index in [0.29, 0.717) is 6.07 Å². The van der Waals surface area contributed by atoms with Crippen LogP contribution in [0.1, 0.15) is 41.4 Å². The highest BCUT2D eigenvalue weighted by atomic mass is 32.1. The van der Waals surface area contributed by atoms with Crippen molar-refractivity contribution in [3.8, 4) is 0 Å². The van der Waals surface area contributed by atoms with Crippen LogP contribution in [0.5, 0.6) is 0 Å². The Balaban J connectivity index is 0.000000239. The van der Waals surface area contributed by atoms with Gasteiger partial charge >= 0.3 is 11.9 Å². The van der Waals surface area contributed by atoms with Crippen molar-refractivity contribution in [3.05, 3.63) is 58.7 Å². The van der Waals surface area contributed by atoms with Crippen molar-refractivity contribution in [2.45, 2.75) is 0 Å². The highest BCUT2D eigenvalue weighted by Gasteiger charge is 2.23. The standard InChI is InChI=1S/C10H8N2O6.C6H4N2S/c11-7(13)3-1-4(8(12)14)6(10(17)18)2-5(3)9(15)16;1-2-4-6-5(3-1)7-8-9-6/h1-2H,(H2,11,13)(H2,12,14)(H,15,16)(H,17,18);1-4H. The smallest absolute Gasteiger partial charge is 0.336 e. The summed E-state index contributed by atoms with van der Waals surface area (Å²) < 4.78 is 4.94. The topological polar surface area (TPSA) is 187 Å². The molecule has 0 bridgehead atoms. The Morgan fingerprint density at radius 1 is 0.815 bits per heavy atom. The number of nitrogens with zero attached hydrogens (tertiary/aromatic N) is 2. The molecule has 10 nitrogen and oxygen atoms in total. The van der Waals surface area contributed by atoms with E-state index in [1.807, 2.05) is 24.3 Å². The van der Waals surface area contributed by atoms with Gasteiger partial charge in [-0.1, -0.05) is 16.6 Å². The molecule has 0 radical (unpaired) electrons. The predicted molar refractivity (Wildman–Crippen MR) is 94.8 cm³/mol. The van der Waals surface area contributed by atoms with Gasteiger partial charge < -0.3 is 21.7 Å². The third kappa shape index (κ3) is 4.41. The van der Waals surface area contributed by atoms with E-state index < -0.39 is 46.0 Å². The van der Waals surface area contributed by atoms with Crippen molar-refractivity contribution in [2.75, 3.05) is 0 Å². The van der Waals surface area contributed by atoms with Gasteiger partial charge in [0.05, 0.1) is 27.0 Å². The Bertz CT molecular complexity index is 934. The van der Waals surface area contributed by atoms with E-state index in [1.54, 1.807) is 0 Å². The van der Waals surface area contributed by atoms with Crippen molar-refractivity contribution in [1.29, 1.82) is 0 Å². The first-order chi connectivity index (χ1) is 12.7. The molecule has 2 amide bonds. The minimum Gasteiger partial charge on any atom is -0.478 e. The van der Waals surface area contributed by atoms with E-state index >= 15 is 0 Å². The highest BCUT2D eigenvalue weighted by Crippen LogP contribution is 2.17. The number of aromatic carboxylic acids is 2. The largest absolute Gasteiger partial charge is 0.478 e. The number of primary amides is 2. The molecule has 0 unspecified atom stereocenters. The van der Waals surface area contributed by atoms with E-state index in [4.69, 9.17) is 21.7 Å². The van der Waals surface area contributed by atoms with Gasteiger partial charge in [0.1, 0.15) is 5.52 Å². The maximum atomic E-state index is 11.0. The number of carbonyl (C=O) groups excluding carboxylic acids is 2. The normalized spacial score (nSPS) is 9.93. The first-order valence-corrected chi connectivity index (χ1v) is 7.91. The fourth-order valence-electron chi connectivity index (χ4n) is 2.09. The zero-order valence-corrected chi connectivity index (χ0v) is 14.3. The molecule has 0 atom stereocenters. The lowest BCUT2D eigenvalue weighted by molar-refractivity contribution is 0.0689. The second kappa shape index (κ2) is 8.01. The fraction of sp³-hybridized carbons (Fsp3) is 0. The zero-order chi connectivity index (χ0) is 20.1. The number of hydrogen-bond acceptors (Lipinski definition) is 7. The van der Waals surface area contributed by atoms with Gasteiger partial charge in [0, 0.05) is 0 Å². The van der Waals surface area contributed by atoms with Crippen LogP contribution in [0.25, 0.3) is 10.2 Å². The molecule has 27 heavy (non-hydrogen) atoms. The van der Waals surface area contributed by atoms with Crippen LogP contribution < -0.4 is 11.5 Å². The lowest BCUT2D eigenvalue weighted by Crippen LogP contribution is -2.22. The molecule has 1 heterocycles. The Hall–Kier alpha value is -3.86. The third-order valence-electron chi connectivity index (χ3n) is 3.30. The third-order valence-corrected chi connectivity index (χ3v) is 4.01. The molecule has 0 aliphatic rings. The number of benzene rings is 2. The molecule has 0 spiro atoms. The minimum absolute atomic E-state index is 0.485. The van der Waals surface area contributed by atoms with Crippen molar-refractivity contribution in [2.24, 2.45) is 11.5 Å². The summed E-state index contributed by atoms with van der Waals surface area (Å²) in [6, 6.07) is 9.35. The van der Waals surface area contributed by atoms with Crippen LogP contribution in [0.3, 0.4) is 0 Å². The predicted octanol–water partition coefficient (Wildman–Crippen LogP) is 0.972. The summed E-state index contributed by atoms with van der Waals surface area (Å²) in [7, 11) is 0. The first-order valence-electron chi connectivity index (χ1n) is 7.13. The molecule has 0 aliphatic heterocycles. The Morgan fingerprint density at radius 3 is 1.74 bits per heavy atom. The van der Waals surface area contributed by atoms with Gasteiger partial charge in [0.2, 0.25) is 11.8 Å². The van der Waals surface area contributed by atoms with E-state index in [-0.39, 0.29) is 0 Å². The molecule has 138 valence electrons. The molecule has 0 fully saturated rings. The average Bonchev–Trinajstić information content (AvgIpc) is 3.09. The summed E-state index contributed by atoms with van der Waals surface area (Å²) >= 11 is 1.43. The van der Waals surface area contributed by atoms with Crippen LogP contribution in [0.4, 0.5) is 0 Å². The van der Waals surface area contributed by atoms with Crippen molar-refractivity contribution < 1.29 is 29.4 Å². The van der Waals surface area contributed by atoms with Crippen LogP contribution in [0.2, 0.25) is 0 Å². The number of hydrogen-bond donors (Lipinski definition) is 4. The van der Waals surface area contributed by atoms with Crippen LogP contribution in [0.15, 0.2) is 36.4 Å². The van der Waals surface area contributed by atoms with Gasteiger partial charge in [0.25, 0.3) is 0 Å². The second-order valence-electron chi connectivity index (χ2n) is 5.02. The number of amides is 2. The number of rotatable bonds is 4. The zero-order valence-electron chi connectivity index (χ0n) is 13.4. The van der Waals surface area contributed by atoms with E-state index in [0.717, 1.165) is 16.3 Å². The summed E-state index contributed by atoms with van der Waals surface area (Å²) in [6.07, 6.45) is 0. The van der Waals surface area contributed by atoms with Crippen LogP contribution >= 0.6 is 11.5 Å². The highest BCUT2D eigenvalue weighted by molar-refractivity contribution is 7.12. The van der Waals surface area contributed by atoms with Gasteiger partial charge in [-0.15, -0.1) is 5.10 Å². The van der Waals surface area contributed by atoms with Crippen molar-refractivity contribution in [3.63, 3.8) is 0 Å². The quantitative estimate of drug-likeness (QED) is 0.509. The van der Waals surface area contributed by atoms with Gasteiger partial charge in [-0.2, -0.15) is 0 Å². The lowest BCUT2D eigenvalue weighted by Gasteiger charge is -2.08. The van der Waals surface area contributed by atoms with Gasteiger partial charge in [-0.25, -0.2) is 9.59 Å². The number of aromatic nitrogens is 2. The number of carbonyl (C=O) groups is 4. The molecule has 1 aromatic heterocycles. The van der Waals surface area contributed by atoms with Gasteiger partial charge in [-0.05, 0) is 35.8 Å². The Morgan fingerprint density at radius 2 is 1.30 bits per heavy atom. The Kier molecular flexibility index (Phi) is 5.78. The minimum atomic E-state index is -1.54. The summed E-state index contributed by atoms with van der Waals surface area (Å²) in [6.45, 7) is 0. The molecule has 0 saturated carbocycles. The van der Waals surface area contributed by atoms with Gasteiger partial charge in [-0.3, -0.25) is 9.59 Å². The number of nitrogens with two attached hydrogens (primary N) is 2. The molecule has 2 aromatic carbocycles. The maximum Gasteiger partial charge on any atom is 0.336 e. The van der Waals surface area contributed by atoms with Crippen LogP contribution in [0, 0.1) is 0 Å². The molecule has 6 N–H and O–H groups in total. The molecular formula is C16H12N4O6S. The van der Waals surface area contributed by atoms with Crippen molar-refractivity contribution >= 4 is 45.5 Å². The van der Waals surface area contributed by atoms with E-state index in [2.05, 4.69) is 9.59 Å². The number of fused-ring (bicyclic) bond motifs is 1. The molecule has 11 heteroatoms. The monoisotopic (exact) mass is 388 g/mol. The van der Waals surface area contributed by atoms with Crippen molar-refractivity contribution in [1.82, 2.24) is 9.59 Å². The van der Waals surface area contributed by atoms with E-state index in [9.17, 15) is 19.2 Å². The first kappa shape index (κ1) is 19.5. The SMILES string of the molecule is NC(=O)c1cc(C(N)=O)c(C(=O)O)cc1C(=O)O.c1ccc2snnc2c1. The fourth-order valence-corrected chi connectivity index (χ4v) is 2.65. The molecular weight excluding hydrogens is 376 g/mol. The molecule has 3 rings (SSSR count). The number of carboxylic acids is 2. The van der Waals surface area contributed by atoms with Crippen LogP contribution in [-0.2, 0) is 0 Å². The summed E-state index contributed by atoms with van der Waals surface area (Å²) in [5.41, 5.74) is 8.70. The van der Waals surface area contributed by atoms with Crippen LogP contribution in [-0.4, -0.2) is 43.6 Å². The summed E-state index contributed by atoms with van der Waals surface area (Å²) in [4.78, 5) is 43.8. The van der Waals surface area contributed by atoms with E-state index in [1.165, 1.54) is 11.5 Å².